The van der Waals surface area contributed by atoms with E-state index in [-0.39, 0.29) is 0 Å². The lowest BCUT2D eigenvalue weighted by Crippen LogP contribution is -2.33. The molecule has 0 aliphatic carbocycles. The third kappa shape index (κ3) is 4.67. The lowest BCUT2D eigenvalue weighted by atomic mass is 10.1. The second-order valence-corrected chi connectivity index (χ2v) is 5.23. The van der Waals surface area contributed by atoms with Gasteiger partial charge < -0.3 is 15.0 Å². The van der Waals surface area contributed by atoms with Crippen LogP contribution in [0.2, 0.25) is 0 Å². The molecule has 0 radical (unpaired) electrons. The van der Waals surface area contributed by atoms with Gasteiger partial charge in [0.2, 0.25) is 0 Å². The van der Waals surface area contributed by atoms with Gasteiger partial charge in [-0.05, 0) is 37.7 Å². The van der Waals surface area contributed by atoms with E-state index in [4.69, 9.17) is 4.74 Å². The molecule has 1 aromatic carbocycles. The fourth-order valence-corrected chi connectivity index (χ4v) is 2.23. The quantitative estimate of drug-likeness (QED) is 0.805. The number of nitrogens with zero attached hydrogens (tertiary/aromatic N) is 1. The number of hydrogen-bond acceptors (Lipinski definition) is 3. The molecule has 1 aromatic rings. The normalized spacial score (nSPS) is 13.1. The average Bonchev–Trinajstić information content (AvgIpc) is 2.35. The fraction of sp³-hybridized carbons (Fsp3) is 0.600. The van der Waals surface area contributed by atoms with Crippen molar-refractivity contribution in [2.75, 3.05) is 34.3 Å². The number of hydrogen-bond donors (Lipinski definition) is 1. The largest absolute Gasteiger partial charge is 0.497 e. The van der Waals surface area contributed by atoms with Gasteiger partial charge in [-0.2, -0.15) is 0 Å². The first-order chi connectivity index (χ1) is 8.56. The van der Waals surface area contributed by atoms with Gasteiger partial charge in [-0.25, -0.2) is 0 Å². The molecule has 1 N–H and O–H groups in total. The highest BCUT2D eigenvalue weighted by atomic mass is 16.5. The number of benzene rings is 1. The van der Waals surface area contributed by atoms with Crippen molar-refractivity contribution in [2.45, 2.75) is 19.9 Å². The molecule has 18 heavy (non-hydrogen) atoms. The Morgan fingerprint density at radius 1 is 1.28 bits per heavy atom. The molecule has 1 atom stereocenters. The number of ether oxygens (including phenoxy) is 1. The maximum absolute atomic E-state index is 5.28. The summed E-state index contributed by atoms with van der Waals surface area (Å²) in [5, 5.41) is 3.38. The van der Waals surface area contributed by atoms with Gasteiger partial charge in [0.15, 0.2) is 0 Å². The molecule has 1 unspecified atom stereocenters. The average molecular weight is 250 g/mol. The second-order valence-electron chi connectivity index (χ2n) is 5.23. The van der Waals surface area contributed by atoms with Crippen molar-refractivity contribution < 1.29 is 4.74 Å². The molecule has 0 spiro atoms. The third-order valence-corrected chi connectivity index (χ3v) is 3.02. The highest BCUT2D eigenvalue weighted by Crippen LogP contribution is 2.19. The van der Waals surface area contributed by atoms with Crippen molar-refractivity contribution in [3.05, 3.63) is 29.8 Å². The van der Waals surface area contributed by atoms with E-state index in [0.717, 1.165) is 18.8 Å². The van der Waals surface area contributed by atoms with Crippen LogP contribution in [0, 0.1) is 5.92 Å². The van der Waals surface area contributed by atoms with E-state index < -0.39 is 0 Å². The lowest BCUT2D eigenvalue weighted by Gasteiger charge is -2.25. The minimum Gasteiger partial charge on any atom is -0.497 e. The van der Waals surface area contributed by atoms with E-state index in [1.165, 1.54) is 5.56 Å². The third-order valence-electron chi connectivity index (χ3n) is 3.02. The first-order valence-corrected chi connectivity index (χ1v) is 6.56. The highest BCUT2D eigenvalue weighted by molar-refractivity contribution is 5.30. The van der Waals surface area contributed by atoms with Crippen molar-refractivity contribution >= 4 is 0 Å². The maximum atomic E-state index is 5.28. The van der Waals surface area contributed by atoms with Crippen LogP contribution in [-0.4, -0.2) is 39.2 Å². The van der Waals surface area contributed by atoms with Gasteiger partial charge in [0.25, 0.3) is 0 Å². The predicted molar refractivity (Wildman–Crippen MR) is 77.1 cm³/mol. The predicted octanol–water partition coefficient (Wildman–Crippen LogP) is 2.54. The first kappa shape index (κ1) is 15.0. The van der Waals surface area contributed by atoms with Gasteiger partial charge in [0.1, 0.15) is 5.75 Å². The van der Waals surface area contributed by atoms with Crippen molar-refractivity contribution in [1.29, 1.82) is 0 Å². The van der Waals surface area contributed by atoms with Crippen LogP contribution in [0.1, 0.15) is 25.5 Å². The Hall–Kier alpha value is -1.06. The molecule has 0 fully saturated rings. The van der Waals surface area contributed by atoms with E-state index in [9.17, 15) is 0 Å². The molecule has 3 heteroatoms. The molecule has 0 saturated heterocycles. The van der Waals surface area contributed by atoms with Crippen LogP contribution in [0.4, 0.5) is 0 Å². The van der Waals surface area contributed by atoms with E-state index in [1.54, 1.807) is 7.11 Å². The Morgan fingerprint density at radius 2 is 2.00 bits per heavy atom. The summed E-state index contributed by atoms with van der Waals surface area (Å²) in [6.45, 7) is 6.61. The molecule has 0 heterocycles. The van der Waals surface area contributed by atoms with Gasteiger partial charge in [-0.1, -0.05) is 26.0 Å². The molecule has 0 aliphatic heterocycles. The molecule has 1 rings (SSSR count). The number of nitrogens with one attached hydrogen (secondary N) is 1. The van der Waals surface area contributed by atoms with E-state index >= 15 is 0 Å². The zero-order valence-electron chi connectivity index (χ0n) is 12.2. The van der Waals surface area contributed by atoms with E-state index in [0.29, 0.717) is 12.0 Å². The zero-order chi connectivity index (χ0) is 13.5. The second kappa shape index (κ2) is 7.39. The molecule has 0 amide bonds. The molecule has 0 aromatic heterocycles. The Kier molecular flexibility index (Phi) is 6.16. The Bertz CT molecular complexity index is 352. The SMILES string of the molecule is CNC(CN(C)CC(C)C)c1cccc(OC)c1. The summed E-state index contributed by atoms with van der Waals surface area (Å²) in [5.41, 5.74) is 1.27. The van der Waals surface area contributed by atoms with Crippen LogP contribution in [0.25, 0.3) is 0 Å². The molecule has 0 saturated carbocycles. The fourth-order valence-electron chi connectivity index (χ4n) is 2.23. The Morgan fingerprint density at radius 3 is 2.56 bits per heavy atom. The van der Waals surface area contributed by atoms with Gasteiger partial charge in [-0.3, -0.25) is 0 Å². The van der Waals surface area contributed by atoms with Crippen LogP contribution in [0.5, 0.6) is 5.75 Å². The topological polar surface area (TPSA) is 24.5 Å². The molecule has 0 bridgehead atoms. The van der Waals surface area contributed by atoms with Gasteiger partial charge >= 0.3 is 0 Å². The minimum atomic E-state index is 0.337. The molecule has 102 valence electrons. The monoisotopic (exact) mass is 250 g/mol. The summed E-state index contributed by atoms with van der Waals surface area (Å²) >= 11 is 0. The molecule has 0 aliphatic rings. The maximum Gasteiger partial charge on any atom is 0.119 e. The van der Waals surface area contributed by atoms with Gasteiger partial charge in [0, 0.05) is 19.1 Å². The van der Waals surface area contributed by atoms with Gasteiger partial charge in [-0.15, -0.1) is 0 Å². The summed E-state index contributed by atoms with van der Waals surface area (Å²) in [7, 11) is 5.89. The van der Waals surface area contributed by atoms with Crippen molar-refractivity contribution in [3.63, 3.8) is 0 Å². The van der Waals surface area contributed by atoms with Crippen LogP contribution >= 0.6 is 0 Å². The first-order valence-electron chi connectivity index (χ1n) is 6.56. The van der Waals surface area contributed by atoms with E-state index in [2.05, 4.69) is 43.2 Å². The molecule has 3 nitrogen and oxygen atoms in total. The minimum absolute atomic E-state index is 0.337. The van der Waals surface area contributed by atoms with Crippen molar-refractivity contribution in [3.8, 4) is 5.75 Å². The number of rotatable bonds is 7. The smallest absolute Gasteiger partial charge is 0.119 e. The summed E-state index contributed by atoms with van der Waals surface area (Å²) in [4.78, 5) is 2.37. The number of likely N-dealkylation sites (N-methyl/N-ethyl adjacent to an activating group) is 2. The summed E-state index contributed by atoms with van der Waals surface area (Å²) in [5.74, 6) is 1.61. The Labute approximate surface area is 111 Å². The molecular weight excluding hydrogens is 224 g/mol. The summed E-state index contributed by atoms with van der Waals surface area (Å²) < 4.78 is 5.28. The zero-order valence-corrected chi connectivity index (χ0v) is 12.2. The standard InChI is InChI=1S/C15H26N2O/c1-12(2)10-17(4)11-15(16-3)13-7-6-8-14(9-13)18-5/h6-9,12,15-16H,10-11H2,1-5H3. The summed E-state index contributed by atoms with van der Waals surface area (Å²) in [6, 6.07) is 8.61. The van der Waals surface area contributed by atoms with Crippen molar-refractivity contribution in [2.24, 2.45) is 5.92 Å². The number of methoxy groups -OCH3 is 1. The van der Waals surface area contributed by atoms with E-state index in [1.807, 2.05) is 19.2 Å². The van der Waals surface area contributed by atoms with Crippen LogP contribution in [0.15, 0.2) is 24.3 Å². The Balaban J connectivity index is 2.70. The van der Waals surface area contributed by atoms with Crippen LogP contribution in [-0.2, 0) is 0 Å². The molecular formula is C15H26N2O. The van der Waals surface area contributed by atoms with Crippen LogP contribution in [0.3, 0.4) is 0 Å². The van der Waals surface area contributed by atoms with Crippen LogP contribution < -0.4 is 10.1 Å². The highest BCUT2D eigenvalue weighted by Gasteiger charge is 2.13. The lowest BCUT2D eigenvalue weighted by molar-refractivity contribution is 0.266. The summed E-state index contributed by atoms with van der Waals surface area (Å²) in [6.07, 6.45) is 0. The van der Waals surface area contributed by atoms with Crippen molar-refractivity contribution in [1.82, 2.24) is 10.2 Å². The van der Waals surface area contributed by atoms with Gasteiger partial charge in [0.05, 0.1) is 7.11 Å².